The maximum absolute atomic E-state index is 13.4. The Balaban J connectivity index is 1.73. The molecule has 10 heteroatoms. The molecule has 0 bridgehead atoms. The van der Waals surface area contributed by atoms with Gasteiger partial charge in [-0.1, -0.05) is 25.9 Å². The van der Waals surface area contributed by atoms with Gasteiger partial charge in [0, 0.05) is 17.3 Å². The molecule has 33 heavy (non-hydrogen) atoms. The molecule has 0 atom stereocenters. The summed E-state index contributed by atoms with van der Waals surface area (Å²) in [7, 11) is -2.09. The number of benzene rings is 1. The first-order valence-corrected chi connectivity index (χ1v) is 12.6. The lowest BCUT2D eigenvalue weighted by Crippen LogP contribution is -2.16. The largest absolute Gasteiger partial charge is 0.495 e. The number of ether oxygens (including phenoxy) is 1. The number of pyridine rings is 1. The summed E-state index contributed by atoms with van der Waals surface area (Å²) < 4.78 is 36.6. The van der Waals surface area contributed by atoms with Gasteiger partial charge in [-0.3, -0.25) is 9.52 Å². The number of amides is 1. The van der Waals surface area contributed by atoms with Gasteiger partial charge in [-0.05, 0) is 48.9 Å². The highest BCUT2D eigenvalue weighted by molar-refractivity contribution is 7.92. The molecule has 0 unspecified atom stereocenters. The van der Waals surface area contributed by atoms with E-state index in [0.29, 0.717) is 46.1 Å². The number of aromatic nitrogens is 2. The number of anilines is 2. The smallest absolute Gasteiger partial charge is 0.259 e. The van der Waals surface area contributed by atoms with E-state index in [9.17, 15) is 13.2 Å². The van der Waals surface area contributed by atoms with Crippen LogP contribution in [0.3, 0.4) is 0 Å². The van der Waals surface area contributed by atoms with E-state index in [0.717, 1.165) is 24.8 Å². The lowest BCUT2D eigenvalue weighted by Gasteiger charge is -2.16. The molecule has 2 heterocycles. The number of carbonyl (C=O) groups excluding carboxylic acids is 1. The third kappa shape index (κ3) is 5.44. The van der Waals surface area contributed by atoms with E-state index in [1.54, 1.807) is 12.1 Å². The summed E-state index contributed by atoms with van der Waals surface area (Å²) in [5, 5.41) is 7.69. The Hall–Kier alpha value is -3.14. The van der Waals surface area contributed by atoms with Crippen LogP contribution in [0.5, 0.6) is 5.75 Å². The Morgan fingerprint density at radius 2 is 1.97 bits per heavy atom. The minimum Gasteiger partial charge on any atom is -0.495 e. The van der Waals surface area contributed by atoms with Crippen molar-refractivity contribution < 1.29 is 22.5 Å². The summed E-state index contributed by atoms with van der Waals surface area (Å²) in [6.07, 6.45) is 3.73. The minimum absolute atomic E-state index is 0.0606. The molecule has 4 rings (SSSR count). The standard InChI is InChI=1S/C23H28N4O5S/c1-23(2,3)12-18-20-15(11-16(13-6-7-13)25-22(20)32-26-18)21(28)24-14-8-9-19(31-4)17(10-14)27-33(5,29)30/h8-11,13,27H,6-7,12H2,1-5H3,(H,24,28). The topological polar surface area (TPSA) is 123 Å². The van der Waals surface area contributed by atoms with Gasteiger partial charge >= 0.3 is 0 Å². The molecule has 1 saturated carbocycles. The SMILES string of the molecule is COc1ccc(NC(=O)c2cc(C3CC3)nc3onc(CC(C)(C)C)c23)cc1NS(C)(=O)=O. The number of carbonyl (C=O) groups is 1. The van der Waals surface area contributed by atoms with Crippen molar-refractivity contribution in [3.8, 4) is 5.75 Å². The van der Waals surface area contributed by atoms with Gasteiger partial charge < -0.3 is 14.6 Å². The number of nitrogens with one attached hydrogen (secondary N) is 2. The summed E-state index contributed by atoms with van der Waals surface area (Å²) in [6, 6.07) is 6.57. The van der Waals surface area contributed by atoms with E-state index in [-0.39, 0.29) is 17.0 Å². The first-order valence-electron chi connectivity index (χ1n) is 10.7. The molecule has 1 amide bonds. The van der Waals surface area contributed by atoms with Crippen molar-refractivity contribution in [3.05, 3.63) is 41.2 Å². The molecule has 9 nitrogen and oxygen atoms in total. The van der Waals surface area contributed by atoms with Crippen LogP contribution < -0.4 is 14.8 Å². The van der Waals surface area contributed by atoms with E-state index < -0.39 is 10.0 Å². The van der Waals surface area contributed by atoms with Gasteiger partial charge in [-0.15, -0.1) is 0 Å². The van der Waals surface area contributed by atoms with Crippen molar-refractivity contribution in [3.63, 3.8) is 0 Å². The van der Waals surface area contributed by atoms with Gasteiger partial charge in [0.2, 0.25) is 10.0 Å². The predicted molar refractivity (Wildman–Crippen MR) is 126 cm³/mol. The average Bonchev–Trinajstić information content (AvgIpc) is 3.48. The van der Waals surface area contributed by atoms with Crippen LogP contribution in [0.25, 0.3) is 11.1 Å². The molecule has 176 valence electrons. The highest BCUT2D eigenvalue weighted by atomic mass is 32.2. The predicted octanol–water partition coefficient (Wildman–Crippen LogP) is 4.32. The second-order valence-corrected chi connectivity index (χ2v) is 11.4. The fourth-order valence-corrected chi connectivity index (χ4v) is 4.24. The summed E-state index contributed by atoms with van der Waals surface area (Å²) in [5.74, 6) is 0.314. The van der Waals surface area contributed by atoms with Gasteiger partial charge in [-0.2, -0.15) is 0 Å². The van der Waals surface area contributed by atoms with Crippen LogP contribution in [0.15, 0.2) is 28.8 Å². The van der Waals surface area contributed by atoms with Crippen LogP contribution in [0, 0.1) is 5.41 Å². The number of sulfonamides is 1. The van der Waals surface area contributed by atoms with Crippen LogP contribution in [0.1, 0.15) is 61.3 Å². The molecule has 3 aromatic rings. The first-order chi connectivity index (χ1) is 15.4. The quantitative estimate of drug-likeness (QED) is 0.525. The zero-order valence-electron chi connectivity index (χ0n) is 19.4. The normalized spacial score (nSPS) is 14.3. The van der Waals surface area contributed by atoms with Crippen LogP contribution in [-0.2, 0) is 16.4 Å². The summed E-state index contributed by atoms with van der Waals surface area (Å²) in [4.78, 5) is 18.0. The lowest BCUT2D eigenvalue weighted by atomic mass is 9.89. The Kier molecular flexibility index (Phi) is 5.81. The van der Waals surface area contributed by atoms with Gasteiger partial charge in [0.15, 0.2) is 0 Å². The monoisotopic (exact) mass is 472 g/mol. The maximum Gasteiger partial charge on any atom is 0.259 e. The Morgan fingerprint density at radius 3 is 2.58 bits per heavy atom. The molecule has 0 spiro atoms. The first kappa shape index (κ1) is 23.0. The molecule has 2 N–H and O–H groups in total. The summed E-state index contributed by atoms with van der Waals surface area (Å²) in [6.45, 7) is 6.27. The summed E-state index contributed by atoms with van der Waals surface area (Å²) >= 11 is 0. The Labute approximate surface area is 192 Å². The van der Waals surface area contributed by atoms with Crippen LogP contribution >= 0.6 is 0 Å². The number of methoxy groups -OCH3 is 1. The van der Waals surface area contributed by atoms with Crippen molar-refractivity contribution >= 4 is 38.4 Å². The Bertz CT molecular complexity index is 1320. The number of hydrogen-bond donors (Lipinski definition) is 2. The lowest BCUT2D eigenvalue weighted by molar-refractivity contribution is 0.102. The third-order valence-corrected chi connectivity index (χ3v) is 5.82. The van der Waals surface area contributed by atoms with Crippen molar-refractivity contribution in [1.29, 1.82) is 0 Å². The number of rotatable bonds is 7. The maximum atomic E-state index is 13.4. The van der Waals surface area contributed by atoms with Crippen LogP contribution in [0.2, 0.25) is 0 Å². The molecule has 0 radical (unpaired) electrons. The van der Waals surface area contributed by atoms with Crippen molar-refractivity contribution in [1.82, 2.24) is 10.1 Å². The van der Waals surface area contributed by atoms with Crippen LogP contribution in [0.4, 0.5) is 11.4 Å². The van der Waals surface area contributed by atoms with Crippen molar-refractivity contribution in [2.45, 2.75) is 46.0 Å². The second kappa shape index (κ2) is 8.33. The minimum atomic E-state index is -3.53. The fraction of sp³-hybridized carbons (Fsp3) is 0.435. The summed E-state index contributed by atoms with van der Waals surface area (Å²) in [5.41, 5.74) is 2.89. The molecule has 0 aliphatic heterocycles. The zero-order chi connectivity index (χ0) is 24.0. The third-order valence-electron chi connectivity index (χ3n) is 5.23. The molecule has 1 aliphatic carbocycles. The van der Waals surface area contributed by atoms with E-state index >= 15 is 0 Å². The van der Waals surface area contributed by atoms with Gasteiger partial charge in [0.25, 0.3) is 11.6 Å². The highest BCUT2D eigenvalue weighted by Gasteiger charge is 2.30. The van der Waals surface area contributed by atoms with E-state index in [1.165, 1.54) is 13.2 Å². The van der Waals surface area contributed by atoms with Crippen molar-refractivity contribution in [2.75, 3.05) is 23.4 Å². The fourth-order valence-electron chi connectivity index (χ4n) is 3.68. The van der Waals surface area contributed by atoms with Gasteiger partial charge in [0.05, 0.1) is 35.7 Å². The van der Waals surface area contributed by atoms with Crippen LogP contribution in [-0.4, -0.2) is 37.8 Å². The van der Waals surface area contributed by atoms with E-state index in [1.807, 2.05) is 6.07 Å². The molecule has 1 aromatic carbocycles. The molecular weight excluding hydrogens is 444 g/mol. The molecule has 1 aliphatic rings. The molecule has 2 aromatic heterocycles. The van der Waals surface area contributed by atoms with Crippen molar-refractivity contribution in [2.24, 2.45) is 5.41 Å². The number of fused-ring (bicyclic) bond motifs is 1. The second-order valence-electron chi connectivity index (χ2n) is 9.66. The van der Waals surface area contributed by atoms with E-state index in [2.05, 4.69) is 41.0 Å². The number of nitrogens with zero attached hydrogens (tertiary/aromatic N) is 2. The molecule has 0 saturated heterocycles. The highest BCUT2D eigenvalue weighted by Crippen LogP contribution is 2.41. The van der Waals surface area contributed by atoms with E-state index in [4.69, 9.17) is 9.26 Å². The number of hydrogen-bond acceptors (Lipinski definition) is 7. The molecular formula is C23H28N4O5S. The van der Waals surface area contributed by atoms with Gasteiger partial charge in [-0.25, -0.2) is 13.4 Å². The van der Waals surface area contributed by atoms with Gasteiger partial charge in [0.1, 0.15) is 5.75 Å². The Morgan fingerprint density at radius 1 is 1.24 bits per heavy atom. The average molecular weight is 473 g/mol. The zero-order valence-corrected chi connectivity index (χ0v) is 20.2. The molecule has 1 fully saturated rings.